The molecule has 0 saturated heterocycles. The van der Waals surface area contributed by atoms with Crippen LogP contribution in [-0.4, -0.2) is 34.2 Å². The Hall–Kier alpha value is -1.85. The van der Waals surface area contributed by atoms with Crippen LogP contribution in [-0.2, 0) is 4.79 Å². The van der Waals surface area contributed by atoms with Crippen molar-refractivity contribution in [3.05, 3.63) is 12.4 Å². The van der Waals surface area contributed by atoms with Crippen LogP contribution < -0.4 is 10.1 Å². The molecule has 0 saturated carbocycles. The van der Waals surface area contributed by atoms with Crippen LogP contribution in [0.4, 0.5) is 5.82 Å². The second-order valence-electron chi connectivity index (χ2n) is 4.51. The van der Waals surface area contributed by atoms with Crippen molar-refractivity contribution in [1.29, 1.82) is 0 Å². The van der Waals surface area contributed by atoms with Crippen LogP contribution in [0.3, 0.4) is 0 Å². The van der Waals surface area contributed by atoms with Gasteiger partial charge in [0.1, 0.15) is 12.1 Å². The average molecular weight is 267 g/mol. The van der Waals surface area contributed by atoms with E-state index in [1.807, 2.05) is 13.8 Å². The highest BCUT2D eigenvalue weighted by atomic mass is 16.5. The fourth-order valence-corrected chi connectivity index (χ4v) is 1.47. The summed E-state index contributed by atoms with van der Waals surface area (Å²) in [6.45, 7) is 5.35. The Morgan fingerprint density at radius 2 is 2.32 bits per heavy atom. The summed E-state index contributed by atoms with van der Waals surface area (Å²) < 4.78 is 5.41. The van der Waals surface area contributed by atoms with Crippen molar-refractivity contribution in [1.82, 2.24) is 9.97 Å². The van der Waals surface area contributed by atoms with Crippen molar-refractivity contribution in [2.75, 3.05) is 18.5 Å². The third-order valence-electron chi connectivity index (χ3n) is 2.58. The lowest BCUT2D eigenvalue weighted by Gasteiger charge is -2.12. The number of nitrogens with one attached hydrogen (secondary N) is 1. The van der Waals surface area contributed by atoms with E-state index in [-0.39, 0.29) is 12.3 Å². The van der Waals surface area contributed by atoms with Gasteiger partial charge in [0, 0.05) is 19.0 Å². The lowest BCUT2D eigenvalue weighted by Crippen LogP contribution is -2.13. The monoisotopic (exact) mass is 267 g/mol. The van der Waals surface area contributed by atoms with Crippen molar-refractivity contribution >= 4 is 11.8 Å². The molecule has 6 heteroatoms. The maximum Gasteiger partial charge on any atom is 0.303 e. The zero-order valence-corrected chi connectivity index (χ0v) is 11.4. The highest BCUT2D eigenvalue weighted by Crippen LogP contribution is 2.13. The van der Waals surface area contributed by atoms with Gasteiger partial charge in [-0.05, 0) is 18.8 Å². The summed E-state index contributed by atoms with van der Waals surface area (Å²) in [5.74, 6) is 0.760. The molecule has 0 fully saturated rings. The predicted octanol–water partition coefficient (Wildman–Crippen LogP) is 2.18. The summed E-state index contributed by atoms with van der Waals surface area (Å²) in [6, 6.07) is 1.75. The first-order chi connectivity index (χ1) is 9.11. The molecule has 0 spiro atoms. The fourth-order valence-electron chi connectivity index (χ4n) is 1.47. The number of rotatable bonds is 9. The van der Waals surface area contributed by atoms with Gasteiger partial charge in [-0.15, -0.1) is 0 Å². The number of ether oxygens (including phenoxy) is 1. The molecule has 0 aliphatic heterocycles. The number of carboxylic acid groups (broad SMARTS) is 1. The third kappa shape index (κ3) is 6.59. The van der Waals surface area contributed by atoms with Gasteiger partial charge in [-0.1, -0.05) is 13.8 Å². The molecule has 6 nitrogen and oxygen atoms in total. The molecule has 0 aromatic carbocycles. The van der Waals surface area contributed by atoms with Gasteiger partial charge in [0.15, 0.2) is 0 Å². The number of hydrogen-bond acceptors (Lipinski definition) is 5. The summed E-state index contributed by atoms with van der Waals surface area (Å²) in [5, 5.41) is 11.8. The van der Waals surface area contributed by atoms with Gasteiger partial charge < -0.3 is 15.2 Å². The summed E-state index contributed by atoms with van der Waals surface area (Å²) in [6.07, 6.45) is 3.22. The highest BCUT2D eigenvalue weighted by molar-refractivity contribution is 5.66. The van der Waals surface area contributed by atoms with Gasteiger partial charge >= 0.3 is 5.97 Å². The second-order valence-corrected chi connectivity index (χ2v) is 4.51. The van der Waals surface area contributed by atoms with Crippen molar-refractivity contribution < 1.29 is 14.6 Å². The van der Waals surface area contributed by atoms with E-state index in [0.717, 1.165) is 6.42 Å². The molecule has 1 rings (SSSR count). The fraction of sp³-hybridized carbons (Fsp3) is 0.615. The van der Waals surface area contributed by atoms with Crippen LogP contribution in [0.25, 0.3) is 0 Å². The van der Waals surface area contributed by atoms with E-state index in [1.165, 1.54) is 6.33 Å². The molecule has 0 amide bonds. The smallest absolute Gasteiger partial charge is 0.303 e. The SMILES string of the molecule is CCCOc1cc(NCC(C)CCC(=O)O)ncn1. The number of aliphatic carboxylic acids is 1. The minimum Gasteiger partial charge on any atom is -0.481 e. The predicted molar refractivity (Wildman–Crippen MR) is 72.3 cm³/mol. The molecule has 1 heterocycles. The van der Waals surface area contributed by atoms with Gasteiger partial charge in [-0.25, -0.2) is 9.97 Å². The molecular formula is C13H21N3O3. The molecule has 0 aliphatic carbocycles. The molecular weight excluding hydrogens is 246 g/mol. The van der Waals surface area contributed by atoms with Crippen LogP contribution in [0.1, 0.15) is 33.1 Å². The summed E-state index contributed by atoms with van der Waals surface area (Å²) in [5.41, 5.74) is 0. The first-order valence-corrected chi connectivity index (χ1v) is 6.52. The van der Waals surface area contributed by atoms with Gasteiger partial charge in [0.25, 0.3) is 0 Å². The molecule has 19 heavy (non-hydrogen) atoms. The summed E-state index contributed by atoms with van der Waals surface area (Å²) in [4.78, 5) is 18.6. The number of nitrogens with zero attached hydrogens (tertiary/aromatic N) is 2. The zero-order valence-electron chi connectivity index (χ0n) is 11.4. The van der Waals surface area contributed by atoms with E-state index in [0.29, 0.717) is 31.3 Å². The quantitative estimate of drug-likeness (QED) is 0.713. The topological polar surface area (TPSA) is 84.3 Å². The van der Waals surface area contributed by atoms with Crippen LogP contribution in [0.15, 0.2) is 12.4 Å². The average Bonchev–Trinajstić information content (AvgIpc) is 2.41. The largest absolute Gasteiger partial charge is 0.481 e. The summed E-state index contributed by atoms with van der Waals surface area (Å²) in [7, 11) is 0. The standard InChI is InChI=1S/C13H21N3O3/c1-3-6-19-12-7-11(15-9-16-12)14-8-10(2)4-5-13(17)18/h7,9-10H,3-6,8H2,1-2H3,(H,17,18)(H,14,15,16). The zero-order chi connectivity index (χ0) is 14.1. The van der Waals surface area contributed by atoms with E-state index in [1.54, 1.807) is 6.07 Å². The third-order valence-corrected chi connectivity index (χ3v) is 2.58. The Balaban J connectivity index is 2.37. The summed E-state index contributed by atoms with van der Waals surface area (Å²) >= 11 is 0. The maximum atomic E-state index is 10.5. The molecule has 1 unspecified atom stereocenters. The Kier molecular flexibility index (Phi) is 6.63. The van der Waals surface area contributed by atoms with Gasteiger partial charge in [-0.2, -0.15) is 0 Å². The van der Waals surface area contributed by atoms with Gasteiger partial charge in [0.2, 0.25) is 5.88 Å². The van der Waals surface area contributed by atoms with E-state index < -0.39 is 5.97 Å². The highest BCUT2D eigenvalue weighted by Gasteiger charge is 2.06. The Bertz CT molecular complexity index is 398. The molecule has 0 bridgehead atoms. The Morgan fingerprint density at radius 1 is 1.53 bits per heavy atom. The molecule has 1 atom stereocenters. The van der Waals surface area contributed by atoms with E-state index in [2.05, 4.69) is 15.3 Å². The normalized spacial score (nSPS) is 11.9. The maximum absolute atomic E-state index is 10.5. The minimum absolute atomic E-state index is 0.192. The van der Waals surface area contributed by atoms with E-state index in [9.17, 15) is 4.79 Å². The Labute approximate surface area is 113 Å². The van der Waals surface area contributed by atoms with Crippen LogP contribution in [0.2, 0.25) is 0 Å². The number of hydrogen-bond donors (Lipinski definition) is 2. The van der Waals surface area contributed by atoms with Crippen LogP contribution in [0.5, 0.6) is 5.88 Å². The van der Waals surface area contributed by atoms with Gasteiger partial charge in [-0.3, -0.25) is 4.79 Å². The number of anilines is 1. The first kappa shape index (κ1) is 15.2. The molecule has 1 aromatic heterocycles. The molecule has 106 valence electrons. The second kappa shape index (κ2) is 8.29. The van der Waals surface area contributed by atoms with E-state index in [4.69, 9.17) is 9.84 Å². The number of carbonyl (C=O) groups is 1. The number of aromatic nitrogens is 2. The molecule has 2 N–H and O–H groups in total. The van der Waals surface area contributed by atoms with Crippen molar-refractivity contribution in [3.63, 3.8) is 0 Å². The lowest BCUT2D eigenvalue weighted by atomic mass is 10.1. The van der Waals surface area contributed by atoms with Gasteiger partial charge in [0.05, 0.1) is 6.61 Å². The molecule has 0 aliphatic rings. The van der Waals surface area contributed by atoms with E-state index >= 15 is 0 Å². The Morgan fingerprint density at radius 3 is 3.00 bits per heavy atom. The van der Waals surface area contributed by atoms with Crippen LogP contribution >= 0.6 is 0 Å². The lowest BCUT2D eigenvalue weighted by molar-refractivity contribution is -0.137. The minimum atomic E-state index is -0.760. The molecule has 0 radical (unpaired) electrons. The van der Waals surface area contributed by atoms with Crippen molar-refractivity contribution in [2.45, 2.75) is 33.1 Å². The molecule has 1 aromatic rings. The van der Waals surface area contributed by atoms with Crippen molar-refractivity contribution in [2.24, 2.45) is 5.92 Å². The van der Waals surface area contributed by atoms with Crippen LogP contribution in [0, 0.1) is 5.92 Å². The first-order valence-electron chi connectivity index (χ1n) is 6.52. The number of carboxylic acids is 1. The van der Waals surface area contributed by atoms with Crippen molar-refractivity contribution in [3.8, 4) is 5.88 Å².